The summed E-state index contributed by atoms with van der Waals surface area (Å²) in [5.41, 5.74) is 5.35. The normalized spacial score (nSPS) is 18.1. The van der Waals surface area contributed by atoms with E-state index in [1.165, 1.54) is 0 Å². The summed E-state index contributed by atoms with van der Waals surface area (Å²) in [7, 11) is 1.71. The van der Waals surface area contributed by atoms with Gasteiger partial charge in [0, 0.05) is 52.8 Å². The lowest BCUT2D eigenvalue weighted by Gasteiger charge is -2.34. The summed E-state index contributed by atoms with van der Waals surface area (Å²) in [6.45, 7) is 5.69. The van der Waals surface area contributed by atoms with Gasteiger partial charge in [0.1, 0.15) is 0 Å². The van der Waals surface area contributed by atoms with Gasteiger partial charge >= 0.3 is 0 Å². The lowest BCUT2D eigenvalue weighted by molar-refractivity contribution is -0.132. The van der Waals surface area contributed by atoms with Crippen molar-refractivity contribution in [3.8, 4) is 0 Å². The van der Waals surface area contributed by atoms with Gasteiger partial charge in [0.25, 0.3) is 0 Å². The van der Waals surface area contributed by atoms with Crippen LogP contribution < -0.4 is 5.73 Å². The molecule has 0 bridgehead atoms. The van der Waals surface area contributed by atoms with Crippen LogP contribution in [-0.4, -0.2) is 68.7 Å². The third kappa shape index (κ3) is 4.15. The zero-order valence-corrected chi connectivity index (χ0v) is 9.45. The van der Waals surface area contributed by atoms with Crippen molar-refractivity contribution in [3.05, 3.63) is 0 Å². The molecule has 0 spiro atoms. The van der Waals surface area contributed by atoms with E-state index in [9.17, 15) is 4.79 Å². The van der Waals surface area contributed by atoms with Crippen LogP contribution in [0.4, 0.5) is 0 Å². The summed E-state index contributed by atoms with van der Waals surface area (Å²) in [6, 6.07) is 0. The maximum atomic E-state index is 11.5. The lowest BCUT2D eigenvalue weighted by atomic mass is 10.3. The number of piperazine rings is 1. The van der Waals surface area contributed by atoms with Crippen LogP contribution in [0.5, 0.6) is 0 Å². The van der Waals surface area contributed by atoms with Gasteiger partial charge in [0.2, 0.25) is 5.91 Å². The molecule has 0 aromatic heterocycles. The van der Waals surface area contributed by atoms with Crippen LogP contribution in [0.25, 0.3) is 0 Å². The van der Waals surface area contributed by atoms with Gasteiger partial charge in [0.15, 0.2) is 0 Å². The number of methoxy groups -OCH3 is 1. The van der Waals surface area contributed by atoms with Crippen molar-refractivity contribution in [2.75, 3.05) is 53.0 Å². The first-order valence-electron chi connectivity index (χ1n) is 5.47. The Morgan fingerprint density at radius 1 is 1.33 bits per heavy atom. The molecule has 0 radical (unpaired) electrons. The maximum Gasteiger partial charge on any atom is 0.223 e. The smallest absolute Gasteiger partial charge is 0.223 e. The predicted octanol–water partition coefficient (Wildman–Crippen LogP) is -0.874. The summed E-state index contributed by atoms with van der Waals surface area (Å²) >= 11 is 0. The fourth-order valence-corrected chi connectivity index (χ4v) is 1.72. The van der Waals surface area contributed by atoms with Gasteiger partial charge in [0.05, 0.1) is 6.61 Å². The molecule has 0 saturated carbocycles. The molecule has 2 N–H and O–H groups in total. The molecular weight excluding hydrogens is 194 g/mol. The Bertz CT molecular complexity index is 191. The summed E-state index contributed by atoms with van der Waals surface area (Å²) in [5, 5.41) is 0. The van der Waals surface area contributed by atoms with E-state index < -0.39 is 0 Å². The fourth-order valence-electron chi connectivity index (χ4n) is 1.72. The molecule has 0 atom stereocenters. The molecule has 1 amide bonds. The first-order chi connectivity index (χ1) is 7.27. The number of rotatable bonds is 5. The largest absolute Gasteiger partial charge is 0.383 e. The molecule has 5 heteroatoms. The first-order valence-corrected chi connectivity index (χ1v) is 5.47. The zero-order valence-electron chi connectivity index (χ0n) is 9.45. The Morgan fingerprint density at radius 3 is 2.53 bits per heavy atom. The quantitative estimate of drug-likeness (QED) is 0.647. The topological polar surface area (TPSA) is 58.8 Å². The molecule has 1 aliphatic heterocycles. The number of amides is 1. The minimum Gasteiger partial charge on any atom is -0.383 e. The number of hydrogen-bond acceptors (Lipinski definition) is 4. The maximum absolute atomic E-state index is 11.5. The number of nitrogens with zero attached hydrogens (tertiary/aromatic N) is 2. The van der Waals surface area contributed by atoms with Crippen molar-refractivity contribution in [3.63, 3.8) is 0 Å². The second-order valence-electron chi connectivity index (χ2n) is 3.75. The number of carbonyl (C=O) groups excluding carboxylic acids is 1. The number of ether oxygens (including phenoxy) is 1. The number of nitrogens with two attached hydrogens (primary N) is 1. The Hall–Kier alpha value is -0.650. The SMILES string of the molecule is COCCN1CCN(C(=O)CCN)CC1. The summed E-state index contributed by atoms with van der Waals surface area (Å²) in [6.07, 6.45) is 0.470. The molecule has 5 nitrogen and oxygen atoms in total. The Balaban J connectivity index is 2.20. The van der Waals surface area contributed by atoms with Gasteiger partial charge in [-0.1, -0.05) is 0 Å². The molecule has 1 fully saturated rings. The van der Waals surface area contributed by atoms with Crippen molar-refractivity contribution in [2.45, 2.75) is 6.42 Å². The van der Waals surface area contributed by atoms with E-state index in [1.807, 2.05) is 4.90 Å². The van der Waals surface area contributed by atoms with Crippen LogP contribution in [0.15, 0.2) is 0 Å². The second kappa shape index (κ2) is 6.76. The third-order valence-electron chi connectivity index (χ3n) is 2.69. The van der Waals surface area contributed by atoms with Crippen molar-refractivity contribution in [1.29, 1.82) is 0 Å². The highest BCUT2D eigenvalue weighted by Crippen LogP contribution is 2.02. The Kier molecular flexibility index (Phi) is 5.60. The molecule has 0 aliphatic carbocycles. The van der Waals surface area contributed by atoms with Crippen molar-refractivity contribution in [1.82, 2.24) is 9.80 Å². The average molecular weight is 215 g/mol. The highest BCUT2D eigenvalue weighted by Gasteiger charge is 2.19. The molecular formula is C10H21N3O2. The summed E-state index contributed by atoms with van der Waals surface area (Å²) < 4.78 is 5.02. The minimum absolute atomic E-state index is 0.184. The number of carbonyl (C=O) groups is 1. The van der Waals surface area contributed by atoms with Crippen molar-refractivity contribution < 1.29 is 9.53 Å². The van der Waals surface area contributed by atoms with E-state index in [4.69, 9.17) is 10.5 Å². The molecule has 0 aromatic rings. The van der Waals surface area contributed by atoms with E-state index in [0.29, 0.717) is 13.0 Å². The predicted molar refractivity (Wildman–Crippen MR) is 58.6 cm³/mol. The van der Waals surface area contributed by atoms with Gasteiger partial charge in [-0.2, -0.15) is 0 Å². The van der Waals surface area contributed by atoms with Crippen LogP contribution in [-0.2, 0) is 9.53 Å². The molecule has 15 heavy (non-hydrogen) atoms. The van der Waals surface area contributed by atoms with Gasteiger partial charge < -0.3 is 15.4 Å². The van der Waals surface area contributed by atoms with Crippen LogP contribution in [0.2, 0.25) is 0 Å². The first kappa shape index (κ1) is 12.4. The molecule has 1 rings (SSSR count). The fraction of sp³-hybridized carbons (Fsp3) is 0.900. The van der Waals surface area contributed by atoms with Crippen LogP contribution >= 0.6 is 0 Å². The summed E-state index contributed by atoms with van der Waals surface area (Å²) in [5.74, 6) is 0.184. The average Bonchev–Trinajstić information content (AvgIpc) is 2.27. The Labute approximate surface area is 91.2 Å². The van der Waals surface area contributed by atoms with Crippen LogP contribution in [0.3, 0.4) is 0 Å². The Morgan fingerprint density at radius 2 is 2.00 bits per heavy atom. The highest BCUT2D eigenvalue weighted by atomic mass is 16.5. The lowest BCUT2D eigenvalue weighted by Crippen LogP contribution is -2.49. The molecule has 0 aromatic carbocycles. The molecule has 0 unspecified atom stereocenters. The number of hydrogen-bond donors (Lipinski definition) is 1. The van der Waals surface area contributed by atoms with Crippen molar-refractivity contribution >= 4 is 5.91 Å². The van der Waals surface area contributed by atoms with Gasteiger partial charge in [-0.3, -0.25) is 9.69 Å². The van der Waals surface area contributed by atoms with E-state index in [-0.39, 0.29) is 5.91 Å². The van der Waals surface area contributed by atoms with E-state index in [1.54, 1.807) is 7.11 Å². The highest BCUT2D eigenvalue weighted by molar-refractivity contribution is 5.76. The second-order valence-corrected chi connectivity index (χ2v) is 3.75. The van der Waals surface area contributed by atoms with Crippen LogP contribution in [0, 0.1) is 0 Å². The van der Waals surface area contributed by atoms with E-state index in [2.05, 4.69) is 4.90 Å². The van der Waals surface area contributed by atoms with E-state index >= 15 is 0 Å². The third-order valence-corrected chi connectivity index (χ3v) is 2.69. The molecule has 1 saturated heterocycles. The van der Waals surface area contributed by atoms with Gasteiger partial charge in [-0.15, -0.1) is 0 Å². The van der Waals surface area contributed by atoms with Gasteiger partial charge in [-0.25, -0.2) is 0 Å². The molecule has 88 valence electrons. The zero-order chi connectivity index (χ0) is 11.1. The standard InChI is InChI=1S/C10H21N3O2/c1-15-9-8-12-4-6-13(7-5-12)10(14)2-3-11/h2-9,11H2,1H3. The van der Waals surface area contributed by atoms with Crippen LogP contribution in [0.1, 0.15) is 6.42 Å². The minimum atomic E-state index is 0.184. The van der Waals surface area contributed by atoms with Crippen molar-refractivity contribution in [2.24, 2.45) is 5.73 Å². The molecule has 1 heterocycles. The molecule has 1 aliphatic rings. The van der Waals surface area contributed by atoms with E-state index in [0.717, 1.165) is 39.3 Å². The monoisotopic (exact) mass is 215 g/mol. The summed E-state index contributed by atoms with van der Waals surface area (Å²) in [4.78, 5) is 15.7. The van der Waals surface area contributed by atoms with Gasteiger partial charge in [-0.05, 0) is 0 Å².